The van der Waals surface area contributed by atoms with Crippen molar-refractivity contribution in [2.45, 2.75) is 25.9 Å². The monoisotopic (exact) mass is 305 g/mol. The molecule has 1 saturated heterocycles. The second-order valence-electron chi connectivity index (χ2n) is 5.31. The van der Waals surface area contributed by atoms with E-state index in [1.807, 2.05) is 31.2 Å². The first-order valence-corrected chi connectivity index (χ1v) is 7.53. The minimum atomic E-state index is -0.288. The van der Waals surface area contributed by atoms with Gasteiger partial charge in [-0.15, -0.1) is 0 Å². The SMILES string of the molecule is C/C=C/c1ccc(OCC(=O)N2CCC(O)CC2)c(OC)c1. The molecule has 120 valence electrons. The number of hydrogen-bond acceptors (Lipinski definition) is 4. The van der Waals surface area contributed by atoms with Crippen LogP contribution in [-0.4, -0.2) is 48.8 Å². The van der Waals surface area contributed by atoms with Gasteiger partial charge in [0.1, 0.15) is 0 Å². The number of methoxy groups -OCH3 is 1. The summed E-state index contributed by atoms with van der Waals surface area (Å²) in [4.78, 5) is 13.8. The molecule has 1 aromatic rings. The molecular weight excluding hydrogens is 282 g/mol. The zero-order chi connectivity index (χ0) is 15.9. The van der Waals surface area contributed by atoms with Crippen molar-refractivity contribution in [2.24, 2.45) is 0 Å². The third-order valence-electron chi connectivity index (χ3n) is 3.72. The molecular formula is C17H23NO4. The van der Waals surface area contributed by atoms with Gasteiger partial charge >= 0.3 is 0 Å². The summed E-state index contributed by atoms with van der Waals surface area (Å²) in [5.74, 6) is 1.10. The molecule has 0 unspecified atom stereocenters. The van der Waals surface area contributed by atoms with E-state index < -0.39 is 0 Å². The summed E-state index contributed by atoms with van der Waals surface area (Å²) in [6, 6.07) is 5.60. The molecule has 5 nitrogen and oxygen atoms in total. The highest BCUT2D eigenvalue weighted by atomic mass is 16.5. The average molecular weight is 305 g/mol. The normalized spacial score (nSPS) is 16.0. The number of likely N-dealkylation sites (tertiary alicyclic amines) is 1. The van der Waals surface area contributed by atoms with Crippen LogP contribution in [0.1, 0.15) is 25.3 Å². The van der Waals surface area contributed by atoms with Gasteiger partial charge in [-0.05, 0) is 37.5 Å². The van der Waals surface area contributed by atoms with E-state index in [2.05, 4.69) is 0 Å². The van der Waals surface area contributed by atoms with Gasteiger partial charge in [-0.1, -0.05) is 18.2 Å². The Kier molecular flexibility index (Phi) is 5.83. The van der Waals surface area contributed by atoms with E-state index in [0.29, 0.717) is 37.4 Å². The lowest BCUT2D eigenvalue weighted by Crippen LogP contribution is -2.42. The Labute approximate surface area is 131 Å². The minimum Gasteiger partial charge on any atom is -0.493 e. The van der Waals surface area contributed by atoms with Crippen LogP contribution in [0.5, 0.6) is 11.5 Å². The van der Waals surface area contributed by atoms with E-state index in [1.54, 1.807) is 18.1 Å². The minimum absolute atomic E-state index is 0.0184. The number of benzene rings is 1. The Morgan fingerprint density at radius 1 is 1.36 bits per heavy atom. The van der Waals surface area contributed by atoms with Crippen molar-refractivity contribution in [3.8, 4) is 11.5 Å². The van der Waals surface area contributed by atoms with Crippen molar-refractivity contribution in [2.75, 3.05) is 26.8 Å². The Morgan fingerprint density at radius 3 is 2.73 bits per heavy atom. The number of ether oxygens (including phenoxy) is 2. The maximum Gasteiger partial charge on any atom is 0.260 e. The third-order valence-corrected chi connectivity index (χ3v) is 3.72. The Morgan fingerprint density at radius 2 is 2.09 bits per heavy atom. The fourth-order valence-electron chi connectivity index (χ4n) is 2.45. The van der Waals surface area contributed by atoms with Crippen LogP contribution in [-0.2, 0) is 4.79 Å². The van der Waals surface area contributed by atoms with Crippen molar-refractivity contribution in [1.29, 1.82) is 0 Å². The van der Waals surface area contributed by atoms with Crippen molar-refractivity contribution < 1.29 is 19.4 Å². The fourth-order valence-corrected chi connectivity index (χ4v) is 2.45. The average Bonchev–Trinajstić information content (AvgIpc) is 2.54. The first-order valence-electron chi connectivity index (χ1n) is 7.53. The molecule has 2 rings (SSSR count). The first-order chi connectivity index (χ1) is 10.6. The Bertz CT molecular complexity index is 533. The molecule has 1 aromatic carbocycles. The zero-order valence-corrected chi connectivity index (χ0v) is 13.1. The lowest BCUT2D eigenvalue weighted by molar-refractivity contribution is -0.135. The van der Waals surface area contributed by atoms with Gasteiger partial charge in [0.05, 0.1) is 13.2 Å². The van der Waals surface area contributed by atoms with Gasteiger partial charge in [-0.3, -0.25) is 4.79 Å². The molecule has 1 N–H and O–H groups in total. The molecule has 0 atom stereocenters. The molecule has 1 amide bonds. The topological polar surface area (TPSA) is 59.0 Å². The highest BCUT2D eigenvalue weighted by Crippen LogP contribution is 2.28. The van der Waals surface area contributed by atoms with E-state index in [-0.39, 0.29) is 18.6 Å². The zero-order valence-electron chi connectivity index (χ0n) is 13.1. The smallest absolute Gasteiger partial charge is 0.260 e. The number of allylic oxidation sites excluding steroid dienone is 1. The van der Waals surface area contributed by atoms with Crippen LogP contribution < -0.4 is 9.47 Å². The van der Waals surface area contributed by atoms with E-state index >= 15 is 0 Å². The van der Waals surface area contributed by atoms with E-state index in [9.17, 15) is 9.90 Å². The lowest BCUT2D eigenvalue weighted by atomic mass is 10.1. The summed E-state index contributed by atoms with van der Waals surface area (Å²) in [5.41, 5.74) is 1.02. The van der Waals surface area contributed by atoms with Gasteiger partial charge in [0, 0.05) is 13.1 Å². The molecule has 0 aliphatic carbocycles. The molecule has 22 heavy (non-hydrogen) atoms. The fraction of sp³-hybridized carbons (Fsp3) is 0.471. The molecule has 0 bridgehead atoms. The second kappa shape index (κ2) is 7.84. The molecule has 1 aliphatic rings. The second-order valence-corrected chi connectivity index (χ2v) is 5.31. The Hall–Kier alpha value is -2.01. The van der Waals surface area contributed by atoms with Crippen LogP contribution in [0.2, 0.25) is 0 Å². The first kappa shape index (κ1) is 16.4. The van der Waals surface area contributed by atoms with Crippen LogP contribution in [0, 0.1) is 0 Å². The van der Waals surface area contributed by atoms with Gasteiger partial charge < -0.3 is 19.5 Å². The lowest BCUT2D eigenvalue weighted by Gasteiger charge is -2.29. The number of aliphatic hydroxyl groups is 1. The van der Waals surface area contributed by atoms with Gasteiger partial charge in [0.15, 0.2) is 18.1 Å². The van der Waals surface area contributed by atoms with Crippen molar-refractivity contribution in [1.82, 2.24) is 4.90 Å². The molecule has 5 heteroatoms. The van der Waals surface area contributed by atoms with E-state index in [4.69, 9.17) is 9.47 Å². The summed E-state index contributed by atoms with van der Waals surface area (Å²) in [7, 11) is 1.58. The standard InChI is InChI=1S/C17H23NO4/c1-3-4-13-5-6-15(16(11-13)21-2)22-12-17(20)18-9-7-14(19)8-10-18/h3-6,11,14,19H,7-10,12H2,1-2H3/b4-3+. The number of hydrogen-bond donors (Lipinski definition) is 1. The largest absolute Gasteiger partial charge is 0.493 e. The number of piperidine rings is 1. The quantitative estimate of drug-likeness (QED) is 0.905. The van der Waals surface area contributed by atoms with Gasteiger partial charge in [0.2, 0.25) is 0 Å². The highest BCUT2D eigenvalue weighted by molar-refractivity contribution is 5.78. The molecule has 0 saturated carbocycles. The number of amides is 1. The van der Waals surface area contributed by atoms with Crippen LogP contribution in [0.15, 0.2) is 24.3 Å². The van der Waals surface area contributed by atoms with Crippen LogP contribution in [0.3, 0.4) is 0 Å². The summed E-state index contributed by atoms with van der Waals surface area (Å²) < 4.78 is 10.9. The van der Waals surface area contributed by atoms with Crippen LogP contribution >= 0.6 is 0 Å². The van der Waals surface area contributed by atoms with Crippen molar-refractivity contribution >= 4 is 12.0 Å². The predicted octanol–water partition coefficient (Wildman–Crippen LogP) is 2.09. The highest BCUT2D eigenvalue weighted by Gasteiger charge is 2.21. The molecule has 1 aliphatic heterocycles. The summed E-state index contributed by atoms with van der Waals surface area (Å²) in [6.45, 7) is 3.10. The summed E-state index contributed by atoms with van der Waals surface area (Å²) >= 11 is 0. The van der Waals surface area contributed by atoms with Gasteiger partial charge in [0.25, 0.3) is 5.91 Å². The number of carbonyl (C=O) groups excluding carboxylic acids is 1. The van der Waals surface area contributed by atoms with Gasteiger partial charge in [-0.25, -0.2) is 0 Å². The Balaban J connectivity index is 1.94. The van der Waals surface area contributed by atoms with Gasteiger partial charge in [-0.2, -0.15) is 0 Å². The molecule has 1 heterocycles. The number of carbonyl (C=O) groups is 1. The van der Waals surface area contributed by atoms with Crippen molar-refractivity contribution in [3.63, 3.8) is 0 Å². The molecule has 0 spiro atoms. The summed E-state index contributed by atoms with van der Waals surface area (Å²) in [6.07, 6.45) is 4.89. The predicted molar refractivity (Wildman–Crippen MR) is 85.0 cm³/mol. The van der Waals surface area contributed by atoms with Crippen LogP contribution in [0.4, 0.5) is 0 Å². The summed E-state index contributed by atoms with van der Waals surface area (Å²) in [5, 5.41) is 9.46. The van der Waals surface area contributed by atoms with E-state index in [1.165, 1.54) is 0 Å². The van der Waals surface area contributed by atoms with Crippen LogP contribution in [0.25, 0.3) is 6.08 Å². The molecule has 0 aromatic heterocycles. The number of rotatable bonds is 5. The number of nitrogens with zero attached hydrogens (tertiary/aromatic N) is 1. The third kappa shape index (κ3) is 4.24. The van der Waals surface area contributed by atoms with Crippen molar-refractivity contribution in [3.05, 3.63) is 29.8 Å². The maximum atomic E-state index is 12.1. The number of aliphatic hydroxyl groups excluding tert-OH is 1. The van der Waals surface area contributed by atoms with E-state index in [0.717, 1.165) is 5.56 Å². The molecule has 0 radical (unpaired) electrons. The molecule has 1 fully saturated rings. The maximum absolute atomic E-state index is 12.1.